The Kier molecular flexibility index (Phi) is 2.40. The minimum absolute atomic E-state index is 0.159. The van der Waals surface area contributed by atoms with E-state index in [-0.39, 0.29) is 12.2 Å². The zero-order valence-electron chi connectivity index (χ0n) is 6.61. The van der Waals surface area contributed by atoms with Gasteiger partial charge in [0.2, 0.25) is 0 Å². The largest absolute Gasteiger partial charge is 0.478 e. The molecule has 0 aliphatic carbocycles. The molecule has 1 aromatic rings. The van der Waals surface area contributed by atoms with Crippen LogP contribution in [0.15, 0.2) is 12.1 Å². The Hall–Kier alpha value is -1.42. The van der Waals surface area contributed by atoms with Crippen LogP contribution in [0.4, 0.5) is 0 Å². The van der Waals surface area contributed by atoms with Crippen LogP contribution in [-0.4, -0.2) is 21.2 Å². The van der Waals surface area contributed by atoms with Crippen LogP contribution < -0.4 is 0 Å². The van der Waals surface area contributed by atoms with E-state index in [0.29, 0.717) is 11.4 Å². The molecule has 2 N–H and O–H groups in total. The van der Waals surface area contributed by atoms with Gasteiger partial charge in [-0.1, -0.05) is 0 Å². The lowest BCUT2D eigenvalue weighted by molar-refractivity contribution is 0.0696. The van der Waals surface area contributed by atoms with E-state index in [2.05, 4.69) is 4.98 Å². The Labute approximate surface area is 69.5 Å². The number of aromatic carboxylic acids is 1. The van der Waals surface area contributed by atoms with Gasteiger partial charge in [0, 0.05) is 5.69 Å². The van der Waals surface area contributed by atoms with Crippen molar-refractivity contribution in [3.8, 4) is 0 Å². The molecule has 0 saturated carbocycles. The fourth-order valence-corrected chi connectivity index (χ4v) is 0.942. The maximum atomic E-state index is 10.5. The normalized spacial score (nSPS) is 9.83. The number of pyridine rings is 1. The summed E-state index contributed by atoms with van der Waals surface area (Å²) >= 11 is 0. The number of aliphatic hydroxyl groups excluding tert-OH is 1. The van der Waals surface area contributed by atoms with Crippen LogP contribution in [0.2, 0.25) is 0 Å². The summed E-state index contributed by atoms with van der Waals surface area (Å²) in [5, 5.41) is 17.3. The Bertz CT molecular complexity index is 309. The van der Waals surface area contributed by atoms with Gasteiger partial charge >= 0.3 is 5.97 Å². The third kappa shape index (κ3) is 1.79. The van der Waals surface area contributed by atoms with Crippen LogP contribution in [0.25, 0.3) is 0 Å². The van der Waals surface area contributed by atoms with Crippen LogP contribution in [0, 0.1) is 6.92 Å². The lowest BCUT2D eigenvalue weighted by Gasteiger charge is -2.00. The molecule has 12 heavy (non-hydrogen) atoms. The summed E-state index contributed by atoms with van der Waals surface area (Å²) in [7, 11) is 0. The van der Waals surface area contributed by atoms with Gasteiger partial charge in [0.1, 0.15) is 0 Å². The van der Waals surface area contributed by atoms with E-state index >= 15 is 0 Å². The highest BCUT2D eigenvalue weighted by molar-refractivity contribution is 5.87. The monoisotopic (exact) mass is 167 g/mol. The molecule has 1 heterocycles. The first kappa shape index (κ1) is 8.67. The quantitative estimate of drug-likeness (QED) is 0.675. The first-order chi connectivity index (χ1) is 5.63. The second-order valence-corrected chi connectivity index (χ2v) is 2.45. The molecule has 0 aliphatic heterocycles. The second-order valence-electron chi connectivity index (χ2n) is 2.45. The summed E-state index contributed by atoms with van der Waals surface area (Å²) in [5.74, 6) is -1.00. The van der Waals surface area contributed by atoms with Crippen molar-refractivity contribution < 1.29 is 15.0 Å². The van der Waals surface area contributed by atoms with Gasteiger partial charge in [-0.15, -0.1) is 0 Å². The molecule has 0 spiro atoms. The van der Waals surface area contributed by atoms with Gasteiger partial charge in [-0.3, -0.25) is 4.98 Å². The molecule has 0 aromatic carbocycles. The number of aliphatic hydroxyl groups is 1. The van der Waals surface area contributed by atoms with Crippen LogP contribution in [0.1, 0.15) is 21.7 Å². The number of hydrogen-bond donors (Lipinski definition) is 2. The van der Waals surface area contributed by atoms with Crippen molar-refractivity contribution in [2.75, 3.05) is 0 Å². The number of carboxylic acids is 1. The summed E-state index contributed by atoms with van der Waals surface area (Å²) in [4.78, 5) is 14.4. The number of hydrogen-bond acceptors (Lipinski definition) is 3. The first-order valence-corrected chi connectivity index (χ1v) is 3.45. The summed E-state index contributed by atoms with van der Waals surface area (Å²) in [6, 6.07) is 2.82. The molecule has 0 radical (unpaired) electrons. The number of nitrogens with zero attached hydrogens (tertiary/aromatic N) is 1. The standard InChI is InChI=1S/C8H9NO3/c1-5-2-6(8(11)12)3-7(4-10)9-5/h2-3,10H,4H2,1H3,(H,11,12). The third-order valence-corrected chi connectivity index (χ3v) is 1.42. The van der Waals surface area contributed by atoms with Crippen molar-refractivity contribution >= 4 is 5.97 Å². The molecule has 0 unspecified atom stereocenters. The minimum atomic E-state index is -1.00. The first-order valence-electron chi connectivity index (χ1n) is 3.45. The van der Waals surface area contributed by atoms with Crippen molar-refractivity contribution in [3.63, 3.8) is 0 Å². The number of aryl methyl sites for hydroxylation is 1. The Morgan fingerprint density at radius 1 is 1.58 bits per heavy atom. The molecular weight excluding hydrogens is 158 g/mol. The highest BCUT2D eigenvalue weighted by Gasteiger charge is 2.05. The number of carboxylic acid groups (broad SMARTS) is 1. The average Bonchev–Trinajstić information content (AvgIpc) is 2.03. The highest BCUT2D eigenvalue weighted by Crippen LogP contribution is 2.05. The average molecular weight is 167 g/mol. The van der Waals surface area contributed by atoms with E-state index in [0.717, 1.165) is 0 Å². The lowest BCUT2D eigenvalue weighted by Crippen LogP contribution is -2.01. The molecule has 1 rings (SSSR count). The van der Waals surface area contributed by atoms with E-state index in [1.54, 1.807) is 6.92 Å². The van der Waals surface area contributed by atoms with Crippen molar-refractivity contribution in [2.45, 2.75) is 13.5 Å². The van der Waals surface area contributed by atoms with E-state index in [1.807, 2.05) is 0 Å². The molecular formula is C8H9NO3. The molecule has 1 aromatic heterocycles. The van der Waals surface area contributed by atoms with Crippen LogP contribution in [-0.2, 0) is 6.61 Å². The van der Waals surface area contributed by atoms with Gasteiger partial charge < -0.3 is 10.2 Å². The lowest BCUT2D eigenvalue weighted by atomic mass is 10.2. The Morgan fingerprint density at radius 3 is 2.75 bits per heavy atom. The molecule has 0 fully saturated rings. The Balaban J connectivity index is 3.15. The molecule has 0 atom stereocenters. The molecule has 0 saturated heterocycles. The smallest absolute Gasteiger partial charge is 0.335 e. The molecule has 0 bridgehead atoms. The predicted molar refractivity (Wildman–Crippen MR) is 41.9 cm³/mol. The van der Waals surface area contributed by atoms with E-state index in [9.17, 15) is 4.79 Å². The van der Waals surface area contributed by atoms with Gasteiger partial charge in [0.25, 0.3) is 0 Å². The highest BCUT2D eigenvalue weighted by atomic mass is 16.4. The van der Waals surface area contributed by atoms with Gasteiger partial charge in [0.15, 0.2) is 0 Å². The number of aromatic nitrogens is 1. The molecule has 4 heteroatoms. The van der Waals surface area contributed by atoms with Gasteiger partial charge in [-0.25, -0.2) is 4.79 Å². The fraction of sp³-hybridized carbons (Fsp3) is 0.250. The third-order valence-electron chi connectivity index (χ3n) is 1.42. The van der Waals surface area contributed by atoms with E-state index < -0.39 is 5.97 Å². The minimum Gasteiger partial charge on any atom is -0.478 e. The summed E-state index contributed by atoms with van der Waals surface area (Å²) in [6.45, 7) is 1.45. The second kappa shape index (κ2) is 3.32. The van der Waals surface area contributed by atoms with Crippen molar-refractivity contribution in [1.82, 2.24) is 4.98 Å². The van der Waals surface area contributed by atoms with Crippen molar-refractivity contribution in [2.24, 2.45) is 0 Å². The zero-order valence-corrected chi connectivity index (χ0v) is 6.61. The van der Waals surface area contributed by atoms with Crippen LogP contribution >= 0.6 is 0 Å². The maximum Gasteiger partial charge on any atom is 0.335 e. The van der Waals surface area contributed by atoms with Crippen LogP contribution in [0.3, 0.4) is 0 Å². The predicted octanol–water partition coefficient (Wildman–Crippen LogP) is 0.581. The Morgan fingerprint density at radius 2 is 2.25 bits per heavy atom. The summed E-state index contributed by atoms with van der Waals surface area (Å²) in [6.07, 6.45) is 0. The summed E-state index contributed by atoms with van der Waals surface area (Å²) < 4.78 is 0. The van der Waals surface area contributed by atoms with Crippen LogP contribution in [0.5, 0.6) is 0 Å². The van der Waals surface area contributed by atoms with E-state index in [1.165, 1.54) is 12.1 Å². The van der Waals surface area contributed by atoms with Gasteiger partial charge in [0.05, 0.1) is 17.9 Å². The van der Waals surface area contributed by atoms with Crippen molar-refractivity contribution in [1.29, 1.82) is 0 Å². The maximum absolute atomic E-state index is 10.5. The summed E-state index contributed by atoms with van der Waals surface area (Å²) in [5.41, 5.74) is 1.14. The zero-order chi connectivity index (χ0) is 9.14. The van der Waals surface area contributed by atoms with Crippen molar-refractivity contribution in [3.05, 3.63) is 29.1 Å². The molecule has 64 valence electrons. The number of rotatable bonds is 2. The molecule has 0 aliphatic rings. The molecule has 4 nitrogen and oxygen atoms in total. The molecule has 0 amide bonds. The van der Waals surface area contributed by atoms with E-state index in [4.69, 9.17) is 10.2 Å². The number of carbonyl (C=O) groups is 1. The van der Waals surface area contributed by atoms with Gasteiger partial charge in [-0.05, 0) is 19.1 Å². The van der Waals surface area contributed by atoms with Gasteiger partial charge in [-0.2, -0.15) is 0 Å². The topological polar surface area (TPSA) is 70.4 Å². The fourth-order valence-electron chi connectivity index (χ4n) is 0.942. The SMILES string of the molecule is Cc1cc(C(=O)O)cc(CO)n1.